The number of halogens is 2. The number of amides is 1. The zero-order valence-electron chi connectivity index (χ0n) is 14.6. The summed E-state index contributed by atoms with van der Waals surface area (Å²) in [7, 11) is 5.71. The Balaban J connectivity index is 0.00000264. The number of carbonyl (C=O) groups is 1. The van der Waals surface area contributed by atoms with Crippen molar-refractivity contribution in [1.82, 2.24) is 15.5 Å². The maximum atomic E-state index is 12.3. The molecule has 0 saturated carbocycles. The number of hydrogen-bond donors (Lipinski definition) is 2. The van der Waals surface area contributed by atoms with Gasteiger partial charge in [0.05, 0.1) is 19.2 Å². The summed E-state index contributed by atoms with van der Waals surface area (Å²) in [5.41, 5.74) is 1.14. The van der Waals surface area contributed by atoms with Crippen molar-refractivity contribution in [3.8, 4) is 5.75 Å². The van der Waals surface area contributed by atoms with E-state index in [1.54, 1.807) is 7.11 Å². The van der Waals surface area contributed by atoms with Gasteiger partial charge in [-0.2, -0.15) is 0 Å². The van der Waals surface area contributed by atoms with Crippen LogP contribution >= 0.6 is 24.8 Å². The zero-order chi connectivity index (χ0) is 15.9. The molecule has 24 heavy (non-hydrogen) atoms. The van der Waals surface area contributed by atoms with E-state index >= 15 is 0 Å². The number of benzene rings is 1. The van der Waals surface area contributed by atoms with E-state index in [9.17, 15) is 4.79 Å². The lowest BCUT2D eigenvalue weighted by atomic mass is 10.0. The van der Waals surface area contributed by atoms with Gasteiger partial charge in [0.15, 0.2) is 0 Å². The standard InChI is InChI=1S/C17H27N3O2.2ClH/c1-20(2)16(13-7-6-8-14(11-13)22-3)12-19-17(21)15-9-4-5-10-18-15;;/h6-8,11,15-16,18H,4-5,9-10,12H2,1-3H3,(H,19,21);2*1H/t15-,16?;;/m0../s1. The highest BCUT2D eigenvalue weighted by atomic mass is 35.5. The molecule has 0 radical (unpaired) electrons. The van der Waals surface area contributed by atoms with Crippen molar-refractivity contribution in [2.45, 2.75) is 31.3 Å². The monoisotopic (exact) mass is 377 g/mol. The van der Waals surface area contributed by atoms with Crippen LogP contribution in [-0.2, 0) is 4.79 Å². The molecule has 2 rings (SSSR count). The largest absolute Gasteiger partial charge is 0.497 e. The SMILES string of the molecule is COc1cccc(C(CNC(=O)[C@@H]2CCCCN2)N(C)C)c1.Cl.Cl. The van der Waals surface area contributed by atoms with E-state index in [2.05, 4.69) is 21.6 Å². The van der Waals surface area contributed by atoms with Gasteiger partial charge in [0.1, 0.15) is 5.75 Å². The quantitative estimate of drug-likeness (QED) is 0.798. The number of likely N-dealkylation sites (N-methyl/N-ethyl adjacent to an activating group) is 1. The van der Waals surface area contributed by atoms with Crippen molar-refractivity contribution in [2.24, 2.45) is 0 Å². The number of methoxy groups -OCH3 is 1. The molecule has 2 N–H and O–H groups in total. The van der Waals surface area contributed by atoms with Crippen LogP contribution in [0.15, 0.2) is 24.3 Å². The van der Waals surface area contributed by atoms with E-state index in [-0.39, 0.29) is 42.8 Å². The number of ether oxygens (including phenoxy) is 1. The van der Waals surface area contributed by atoms with Crippen molar-refractivity contribution in [2.75, 3.05) is 34.3 Å². The molecule has 0 spiro atoms. The fraction of sp³-hybridized carbons (Fsp3) is 0.588. The molecule has 1 saturated heterocycles. The van der Waals surface area contributed by atoms with E-state index in [0.29, 0.717) is 6.54 Å². The molecule has 1 aromatic rings. The molecule has 1 fully saturated rings. The third-order valence-electron chi connectivity index (χ3n) is 4.20. The molecule has 0 bridgehead atoms. The van der Waals surface area contributed by atoms with E-state index in [1.165, 1.54) is 0 Å². The molecular formula is C17H29Cl2N3O2. The number of carbonyl (C=O) groups excluding carboxylic acids is 1. The second-order valence-corrected chi connectivity index (χ2v) is 6.00. The second kappa shape index (κ2) is 11.5. The van der Waals surface area contributed by atoms with Gasteiger partial charge in [-0.3, -0.25) is 4.79 Å². The highest BCUT2D eigenvalue weighted by Gasteiger charge is 2.22. The van der Waals surface area contributed by atoms with Gasteiger partial charge in [-0.05, 0) is 51.2 Å². The summed E-state index contributed by atoms with van der Waals surface area (Å²) < 4.78 is 5.29. The van der Waals surface area contributed by atoms with E-state index in [1.807, 2.05) is 32.3 Å². The van der Waals surface area contributed by atoms with Crippen molar-refractivity contribution in [3.63, 3.8) is 0 Å². The number of nitrogens with zero attached hydrogens (tertiary/aromatic N) is 1. The first-order valence-electron chi connectivity index (χ1n) is 7.93. The maximum absolute atomic E-state index is 12.3. The van der Waals surface area contributed by atoms with Gasteiger partial charge in [0.2, 0.25) is 5.91 Å². The van der Waals surface area contributed by atoms with Crippen molar-refractivity contribution < 1.29 is 9.53 Å². The molecule has 1 aromatic carbocycles. The molecule has 5 nitrogen and oxygen atoms in total. The lowest BCUT2D eigenvalue weighted by Gasteiger charge is -2.27. The van der Waals surface area contributed by atoms with Crippen LogP contribution < -0.4 is 15.4 Å². The normalized spacial score (nSPS) is 18.1. The minimum absolute atomic E-state index is 0. The van der Waals surface area contributed by atoms with Crippen LogP contribution in [0.3, 0.4) is 0 Å². The summed E-state index contributed by atoms with van der Waals surface area (Å²) in [5, 5.41) is 6.37. The Labute approximate surface area is 157 Å². The van der Waals surface area contributed by atoms with Gasteiger partial charge >= 0.3 is 0 Å². The first-order valence-corrected chi connectivity index (χ1v) is 7.93. The molecular weight excluding hydrogens is 349 g/mol. The van der Waals surface area contributed by atoms with Crippen LogP contribution in [0.25, 0.3) is 0 Å². The average molecular weight is 378 g/mol. The lowest BCUT2D eigenvalue weighted by molar-refractivity contribution is -0.123. The minimum atomic E-state index is -0.0399. The highest BCUT2D eigenvalue weighted by Crippen LogP contribution is 2.22. The molecule has 1 unspecified atom stereocenters. The zero-order valence-corrected chi connectivity index (χ0v) is 16.2. The Morgan fingerprint density at radius 2 is 2.12 bits per heavy atom. The molecule has 1 heterocycles. The van der Waals surface area contributed by atoms with Crippen molar-refractivity contribution >= 4 is 30.7 Å². The molecule has 138 valence electrons. The van der Waals surface area contributed by atoms with Gasteiger partial charge in [-0.25, -0.2) is 0 Å². The Morgan fingerprint density at radius 1 is 1.38 bits per heavy atom. The summed E-state index contributed by atoms with van der Waals surface area (Å²) in [6, 6.07) is 8.09. The molecule has 0 aliphatic carbocycles. The summed E-state index contributed by atoms with van der Waals surface area (Å²) in [4.78, 5) is 14.4. The van der Waals surface area contributed by atoms with Crippen molar-refractivity contribution in [3.05, 3.63) is 29.8 Å². The molecule has 7 heteroatoms. The molecule has 1 amide bonds. The second-order valence-electron chi connectivity index (χ2n) is 6.00. The summed E-state index contributed by atoms with van der Waals surface area (Å²) in [6.45, 7) is 1.53. The third kappa shape index (κ3) is 6.48. The Hall–Kier alpha value is -1.01. The van der Waals surface area contributed by atoms with Crippen LogP contribution in [0.1, 0.15) is 30.9 Å². The summed E-state index contributed by atoms with van der Waals surface area (Å²) in [6.07, 6.45) is 3.21. The number of nitrogens with one attached hydrogen (secondary N) is 2. The van der Waals surface area contributed by atoms with Crippen molar-refractivity contribution in [1.29, 1.82) is 0 Å². The topological polar surface area (TPSA) is 53.6 Å². The Morgan fingerprint density at radius 3 is 2.71 bits per heavy atom. The predicted molar refractivity (Wildman–Crippen MR) is 103 cm³/mol. The third-order valence-corrected chi connectivity index (χ3v) is 4.20. The Bertz CT molecular complexity index is 494. The highest BCUT2D eigenvalue weighted by molar-refractivity contribution is 5.85. The number of rotatable bonds is 6. The molecule has 0 aromatic heterocycles. The van der Waals surface area contributed by atoms with E-state index in [0.717, 1.165) is 37.1 Å². The van der Waals surface area contributed by atoms with Crippen LogP contribution in [0.5, 0.6) is 5.75 Å². The first kappa shape index (κ1) is 23.0. The first-order chi connectivity index (χ1) is 10.6. The maximum Gasteiger partial charge on any atom is 0.237 e. The van der Waals surface area contributed by atoms with Crippen LogP contribution in [0.2, 0.25) is 0 Å². The van der Waals surface area contributed by atoms with Gasteiger partial charge in [0.25, 0.3) is 0 Å². The van der Waals surface area contributed by atoms with E-state index in [4.69, 9.17) is 4.74 Å². The van der Waals surface area contributed by atoms with Crippen LogP contribution in [0, 0.1) is 0 Å². The fourth-order valence-corrected chi connectivity index (χ4v) is 2.84. The fourth-order valence-electron chi connectivity index (χ4n) is 2.84. The van der Waals surface area contributed by atoms with Crippen LogP contribution in [0.4, 0.5) is 0 Å². The summed E-state index contributed by atoms with van der Waals surface area (Å²) >= 11 is 0. The smallest absolute Gasteiger partial charge is 0.237 e. The predicted octanol–water partition coefficient (Wildman–Crippen LogP) is 2.40. The molecule has 2 atom stereocenters. The summed E-state index contributed by atoms with van der Waals surface area (Å²) in [5.74, 6) is 0.944. The number of hydrogen-bond acceptors (Lipinski definition) is 4. The minimum Gasteiger partial charge on any atom is -0.497 e. The van der Waals surface area contributed by atoms with Gasteiger partial charge in [-0.15, -0.1) is 24.8 Å². The molecule has 1 aliphatic heterocycles. The Kier molecular flexibility index (Phi) is 11.0. The lowest BCUT2D eigenvalue weighted by Crippen LogP contribution is -2.48. The van der Waals surface area contributed by atoms with Gasteiger partial charge in [0, 0.05) is 6.54 Å². The van der Waals surface area contributed by atoms with Crippen LogP contribution in [-0.4, -0.2) is 51.1 Å². The average Bonchev–Trinajstić information content (AvgIpc) is 2.55. The van der Waals surface area contributed by atoms with Gasteiger partial charge in [-0.1, -0.05) is 18.6 Å². The molecule has 1 aliphatic rings. The van der Waals surface area contributed by atoms with Gasteiger partial charge < -0.3 is 20.3 Å². The number of piperidine rings is 1. The van der Waals surface area contributed by atoms with E-state index < -0.39 is 0 Å².